The van der Waals surface area contributed by atoms with E-state index in [1.165, 1.54) is 16.8 Å². The van der Waals surface area contributed by atoms with Gasteiger partial charge in [0, 0.05) is 28.8 Å². The molecule has 0 aliphatic heterocycles. The number of halogens is 2. The zero-order valence-corrected chi connectivity index (χ0v) is 14.9. The Kier molecular flexibility index (Phi) is 5.68. The van der Waals surface area contributed by atoms with Crippen molar-refractivity contribution in [2.24, 2.45) is 0 Å². The highest BCUT2D eigenvalue weighted by Gasteiger charge is 2.13. The molecule has 0 aliphatic rings. The maximum Gasteiger partial charge on any atom is 0.0511 e. The molecule has 2 rings (SSSR count). The highest BCUT2D eigenvalue weighted by atomic mass is 79.9. The predicted molar refractivity (Wildman–Crippen MR) is 95.2 cm³/mol. The van der Waals surface area contributed by atoms with Gasteiger partial charge in [0.1, 0.15) is 0 Å². The van der Waals surface area contributed by atoms with Crippen molar-refractivity contribution < 1.29 is 0 Å². The van der Waals surface area contributed by atoms with Crippen molar-refractivity contribution in [3.63, 3.8) is 0 Å². The van der Waals surface area contributed by atoms with E-state index in [0.717, 1.165) is 16.0 Å². The molecule has 0 fully saturated rings. The van der Waals surface area contributed by atoms with E-state index in [2.05, 4.69) is 64.4 Å². The Balaban J connectivity index is 2.23. The zero-order valence-electron chi connectivity index (χ0n) is 12.5. The van der Waals surface area contributed by atoms with Gasteiger partial charge in [-0.2, -0.15) is 0 Å². The van der Waals surface area contributed by atoms with E-state index in [9.17, 15) is 0 Å². The minimum Gasteiger partial charge on any atom is -0.368 e. The highest BCUT2D eigenvalue weighted by Crippen LogP contribution is 2.30. The zero-order chi connectivity index (χ0) is 15.4. The largest absolute Gasteiger partial charge is 0.368 e. The van der Waals surface area contributed by atoms with Crippen molar-refractivity contribution in [1.29, 1.82) is 0 Å². The van der Waals surface area contributed by atoms with Gasteiger partial charge in [-0.3, -0.25) is 0 Å². The summed E-state index contributed by atoms with van der Waals surface area (Å²) >= 11 is 9.73. The molecule has 2 aromatic rings. The fourth-order valence-corrected chi connectivity index (χ4v) is 3.01. The molecule has 0 aliphatic carbocycles. The number of rotatable bonds is 5. The van der Waals surface area contributed by atoms with E-state index in [1.807, 2.05) is 25.2 Å². The molecule has 2 aromatic carbocycles. The van der Waals surface area contributed by atoms with Gasteiger partial charge in [0.15, 0.2) is 0 Å². The van der Waals surface area contributed by atoms with Crippen LogP contribution in [0, 0.1) is 0 Å². The lowest BCUT2D eigenvalue weighted by atomic mass is 10.1. The SMILES string of the molecule is CNCc1ccc(N(C)C(C)c2cccc(Cl)c2)cc1Br. The van der Waals surface area contributed by atoms with Gasteiger partial charge >= 0.3 is 0 Å². The second-order valence-corrected chi connectivity index (χ2v) is 6.44. The summed E-state index contributed by atoms with van der Waals surface area (Å²) in [6.07, 6.45) is 0. The monoisotopic (exact) mass is 366 g/mol. The first-order chi connectivity index (χ1) is 10.0. The first-order valence-electron chi connectivity index (χ1n) is 6.94. The van der Waals surface area contributed by atoms with Gasteiger partial charge in [-0.15, -0.1) is 0 Å². The normalized spacial score (nSPS) is 12.2. The van der Waals surface area contributed by atoms with Crippen LogP contribution in [0.2, 0.25) is 5.02 Å². The van der Waals surface area contributed by atoms with Crippen molar-refractivity contribution in [3.05, 3.63) is 63.1 Å². The van der Waals surface area contributed by atoms with Crippen molar-refractivity contribution >= 4 is 33.2 Å². The van der Waals surface area contributed by atoms with Gasteiger partial charge in [0.25, 0.3) is 0 Å². The van der Waals surface area contributed by atoms with E-state index in [1.54, 1.807) is 0 Å². The third-order valence-electron chi connectivity index (χ3n) is 3.72. The molecule has 0 heterocycles. The molecule has 1 atom stereocenters. The minimum atomic E-state index is 0.255. The Morgan fingerprint density at radius 1 is 1.24 bits per heavy atom. The Hall–Kier alpha value is -1.03. The lowest BCUT2D eigenvalue weighted by Gasteiger charge is -2.28. The molecule has 21 heavy (non-hydrogen) atoms. The molecule has 112 valence electrons. The number of benzene rings is 2. The molecule has 0 bridgehead atoms. The molecule has 0 saturated carbocycles. The summed E-state index contributed by atoms with van der Waals surface area (Å²) < 4.78 is 1.12. The van der Waals surface area contributed by atoms with Gasteiger partial charge in [-0.1, -0.05) is 45.7 Å². The van der Waals surface area contributed by atoms with Crippen LogP contribution in [-0.4, -0.2) is 14.1 Å². The van der Waals surface area contributed by atoms with E-state index in [-0.39, 0.29) is 6.04 Å². The first-order valence-corrected chi connectivity index (χ1v) is 8.11. The van der Waals surface area contributed by atoms with Crippen LogP contribution in [0.25, 0.3) is 0 Å². The Labute approximate surface area is 140 Å². The van der Waals surface area contributed by atoms with Gasteiger partial charge < -0.3 is 10.2 Å². The van der Waals surface area contributed by atoms with Crippen LogP contribution in [0.1, 0.15) is 24.1 Å². The molecule has 2 nitrogen and oxygen atoms in total. The van der Waals surface area contributed by atoms with Gasteiger partial charge in [0.05, 0.1) is 6.04 Å². The number of hydrogen-bond acceptors (Lipinski definition) is 2. The second kappa shape index (κ2) is 7.30. The average molecular weight is 368 g/mol. The summed E-state index contributed by atoms with van der Waals surface area (Å²) in [5, 5.41) is 3.95. The highest BCUT2D eigenvalue weighted by molar-refractivity contribution is 9.10. The standard InChI is InChI=1S/C17H20BrClN2/c1-12(13-5-4-6-15(19)9-13)21(3)16-8-7-14(11-20-2)17(18)10-16/h4-10,12,20H,11H2,1-3H3. The van der Waals surface area contributed by atoms with E-state index in [4.69, 9.17) is 11.6 Å². The summed E-state index contributed by atoms with van der Waals surface area (Å²) in [5.74, 6) is 0. The molecule has 0 spiro atoms. The third-order valence-corrected chi connectivity index (χ3v) is 4.70. The Morgan fingerprint density at radius 2 is 2.00 bits per heavy atom. The van der Waals surface area contributed by atoms with Crippen LogP contribution in [0.4, 0.5) is 5.69 Å². The lowest BCUT2D eigenvalue weighted by molar-refractivity contribution is 0.738. The summed E-state index contributed by atoms with van der Waals surface area (Å²) in [5.41, 5.74) is 3.64. The summed E-state index contributed by atoms with van der Waals surface area (Å²) in [6, 6.07) is 14.7. The minimum absolute atomic E-state index is 0.255. The van der Waals surface area contributed by atoms with Crippen LogP contribution in [-0.2, 0) is 6.54 Å². The fourth-order valence-electron chi connectivity index (χ4n) is 2.30. The molecule has 4 heteroatoms. The Morgan fingerprint density at radius 3 is 2.62 bits per heavy atom. The predicted octanol–water partition coefficient (Wildman–Crippen LogP) is 5.02. The second-order valence-electron chi connectivity index (χ2n) is 5.15. The summed E-state index contributed by atoms with van der Waals surface area (Å²) in [4.78, 5) is 2.25. The van der Waals surface area contributed by atoms with Gasteiger partial charge in [-0.25, -0.2) is 0 Å². The quantitative estimate of drug-likeness (QED) is 0.798. The van der Waals surface area contributed by atoms with E-state index in [0.29, 0.717) is 0 Å². The van der Waals surface area contributed by atoms with Crippen molar-refractivity contribution in [2.75, 3.05) is 19.0 Å². The number of anilines is 1. The van der Waals surface area contributed by atoms with Crippen LogP contribution in [0.5, 0.6) is 0 Å². The molecule has 1 unspecified atom stereocenters. The maximum atomic E-state index is 6.09. The number of nitrogens with one attached hydrogen (secondary N) is 1. The molecule has 0 radical (unpaired) electrons. The lowest BCUT2D eigenvalue weighted by Crippen LogP contribution is -2.21. The van der Waals surface area contributed by atoms with Crippen molar-refractivity contribution in [2.45, 2.75) is 19.5 Å². The summed E-state index contributed by atoms with van der Waals surface area (Å²) in [6.45, 7) is 3.04. The molecule has 0 aromatic heterocycles. The maximum absolute atomic E-state index is 6.09. The average Bonchev–Trinajstić information content (AvgIpc) is 2.48. The van der Waals surface area contributed by atoms with Crippen LogP contribution in [0.3, 0.4) is 0 Å². The fraction of sp³-hybridized carbons (Fsp3) is 0.294. The van der Waals surface area contributed by atoms with Crippen LogP contribution < -0.4 is 10.2 Å². The Bertz CT molecular complexity index is 615. The van der Waals surface area contributed by atoms with Crippen LogP contribution in [0.15, 0.2) is 46.9 Å². The molecule has 0 saturated heterocycles. The molecular weight excluding hydrogens is 348 g/mol. The molecular formula is C17H20BrClN2. The van der Waals surface area contributed by atoms with Crippen molar-refractivity contribution in [1.82, 2.24) is 5.32 Å². The number of hydrogen-bond donors (Lipinski definition) is 1. The van der Waals surface area contributed by atoms with Gasteiger partial charge in [-0.05, 0) is 49.4 Å². The third kappa shape index (κ3) is 4.00. The summed E-state index contributed by atoms with van der Waals surface area (Å²) in [7, 11) is 4.05. The van der Waals surface area contributed by atoms with Crippen LogP contribution >= 0.6 is 27.5 Å². The topological polar surface area (TPSA) is 15.3 Å². The molecule has 0 amide bonds. The van der Waals surface area contributed by atoms with E-state index < -0.39 is 0 Å². The van der Waals surface area contributed by atoms with Crippen molar-refractivity contribution in [3.8, 4) is 0 Å². The number of nitrogens with zero attached hydrogens (tertiary/aromatic N) is 1. The smallest absolute Gasteiger partial charge is 0.0511 e. The van der Waals surface area contributed by atoms with E-state index >= 15 is 0 Å². The van der Waals surface area contributed by atoms with Gasteiger partial charge in [0.2, 0.25) is 0 Å². The first kappa shape index (κ1) is 16.3. The molecule has 1 N–H and O–H groups in total.